The van der Waals surface area contributed by atoms with Crippen LogP contribution in [0.4, 0.5) is 0 Å². The predicted molar refractivity (Wildman–Crippen MR) is 119 cm³/mol. The summed E-state index contributed by atoms with van der Waals surface area (Å²) in [4.78, 5) is 0. The molecule has 4 fully saturated rings. The number of furan rings is 1. The highest BCUT2D eigenvalue weighted by Crippen LogP contribution is 2.71. The normalized spacial score (nSPS) is 49.2. The number of aliphatic hydroxyl groups is 4. The Morgan fingerprint density at radius 3 is 2.59 bits per heavy atom. The van der Waals surface area contributed by atoms with Crippen LogP contribution < -0.4 is 0 Å². The lowest BCUT2D eigenvalue weighted by molar-refractivity contribution is -0.239. The van der Waals surface area contributed by atoms with Crippen molar-refractivity contribution in [2.24, 2.45) is 28.6 Å². The van der Waals surface area contributed by atoms with Gasteiger partial charge in [-0.3, -0.25) is 0 Å². The Kier molecular flexibility index (Phi) is 5.58. The highest BCUT2D eigenvalue weighted by atomic mass is 16.5. The first-order valence-corrected chi connectivity index (χ1v) is 12.6. The fraction of sp³-hybridized carbons (Fsp3) is 0.846. The maximum atomic E-state index is 12.3. The summed E-state index contributed by atoms with van der Waals surface area (Å²) in [7, 11) is 0. The van der Waals surface area contributed by atoms with Gasteiger partial charge in [-0.05, 0) is 87.0 Å². The highest BCUT2D eigenvalue weighted by Gasteiger charge is 2.72. The highest BCUT2D eigenvalue weighted by molar-refractivity contribution is 5.30. The van der Waals surface area contributed by atoms with Crippen molar-refractivity contribution in [1.29, 1.82) is 0 Å². The molecule has 1 aromatic heterocycles. The van der Waals surface area contributed by atoms with E-state index in [0.717, 1.165) is 50.5 Å². The zero-order valence-corrected chi connectivity index (χ0v) is 19.5. The third-order valence-electron chi connectivity index (χ3n) is 10.7. The molecule has 4 aliphatic rings. The van der Waals surface area contributed by atoms with Crippen LogP contribution in [0.25, 0.3) is 0 Å². The van der Waals surface area contributed by atoms with E-state index in [1.807, 2.05) is 6.07 Å². The van der Waals surface area contributed by atoms with Gasteiger partial charge in [0, 0.05) is 11.0 Å². The molecule has 4 saturated carbocycles. The third kappa shape index (κ3) is 3.02. The van der Waals surface area contributed by atoms with Crippen LogP contribution in [0.2, 0.25) is 0 Å². The van der Waals surface area contributed by atoms with Gasteiger partial charge in [0.15, 0.2) is 0 Å². The maximum Gasteiger partial charge on any atom is 0.101 e. The number of aliphatic hydroxyl groups excluding tert-OH is 2. The van der Waals surface area contributed by atoms with Crippen molar-refractivity contribution in [3.05, 3.63) is 24.2 Å². The van der Waals surface area contributed by atoms with Crippen LogP contribution in [-0.4, -0.2) is 51.4 Å². The Morgan fingerprint density at radius 2 is 1.88 bits per heavy atom. The molecule has 4 N–H and O–H groups in total. The Hall–Kier alpha value is -0.920. The molecule has 32 heavy (non-hydrogen) atoms. The van der Waals surface area contributed by atoms with Crippen LogP contribution in [0, 0.1) is 28.6 Å². The lowest BCUT2D eigenvalue weighted by atomic mass is 9.43. The largest absolute Gasteiger partial charge is 0.472 e. The topological polar surface area (TPSA) is 103 Å². The quantitative estimate of drug-likeness (QED) is 0.551. The summed E-state index contributed by atoms with van der Waals surface area (Å²) in [5.74, 6) is 1.21. The average molecular weight is 449 g/mol. The monoisotopic (exact) mass is 448 g/mol. The first-order chi connectivity index (χ1) is 15.2. The molecular weight excluding hydrogens is 408 g/mol. The van der Waals surface area contributed by atoms with E-state index < -0.39 is 22.7 Å². The summed E-state index contributed by atoms with van der Waals surface area (Å²) >= 11 is 0. The first-order valence-electron chi connectivity index (χ1n) is 12.6. The van der Waals surface area contributed by atoms with E-state index in [2.05, 4.69) is 13.8 Å². The number of hydrogen-bond donors (Lipinski definition) is 4. The van der Waals surface area contributed by atoms with Gasteiger partial charge in [0.05, 0.1) is 37.4 Å². The van der Waals surface area contributed by atoms with Crippen LogP contribution in [0.3, 0.4) is 0 Å². The number of hydrogen-bond acceptors (Lipinski definition) is 6. The van der Waals surface area contributed by atoms with Gasteiger partial charge in [0.25, 0.3) is 0 Å². The van der Waals surface area contributed by atoms with Crippen LogP contribution in [0.5, 0.6) is 0 Å². The average Bonchev–Trinajstić information content (AvgIpc) is 3.39. The molecule has 1 heterocycles. The van der Waals surface area contributed by atoms with E-state index >= 15 is 0 Å². The maximum absolute atomic E-state index is 12.3. The van der Waals surface area contributed by atoms with Crippen LogP contribution in [0.15, 0.2) is 23.0 Å². The van der Waals surface area contributed by atoms with E-state index in [1.54, 1.807) is 12.5 Å². The van der Waals surface area contributed by atoms with Crippen molar-refractivity contribution in [3.8, 4) is 0 Å². The lowest BCUT2D eigenvalue weighted by Crippen LogP contribution is -2.64. The first kappa shape index (κ1) is 22.9. The second-order valence-electron chi connectivity index (χ2n) is 11.7. The number of rotatable bonds is 5. The standard InChI is InChI=1S/C26H40O6/c1-23-8-5-20(32-16-19(28)14-27)13-17(23)3-4-22-21(23)6-9-24(2)25(29,10-11-26(22,24)30)18-7-12-31-15-18/h7,12,15,17,19-22,27-30H,3-6,8-11,13-14,16H2,1-2H3/t17-,19?,20+,21+,22-,23+,24-,25+,26+/m1/s1. The van der Waals surface area contributed by atoms with Crippen molar-refractivity contribution in [3.63, 3.8) is 0 Å². The molecule has 0 aromatic carbocycles. The predicted octanol–water partition coefficient (Wildman–Crippen LogP) is 3.36. The number of fused-ring (bicyclic) bond motifs is 5. The van der Waals surface area contributed by atoms with E-state index in [0.29, 0.717) is 24.7 Å². The zero-order valence-electron chi connectivity index (χ0n) is 19.5. The van der Waals surface area contributed by atoms with Gasteiger partial charge in [-0.25, -0.2) is 0 Å². The van der Waals surface area contributed by atoms with Gasteiger partial charge in [0.1, 0.15) is 11.7 Å². The molecule has 0 amide bonds. The van der Waals surface area contributed by atoms with Crippen molar-refractivity contribution in [1.82, 2.24) is 0 Å². The Balaban J connectivity index is 1.36. The molecule has 5 rings (SSSR count). The molecule has 180 valence electrons. The molecule has 0 bridgehead atoms. The van der Waals surface area contributed by atoms with Gasteiger partial charge >= 0.3 is 0 Å². The summed E-state index contributed by atoms with van der Waals surface area (Å²) in [5.41, 5.74) is -1.51. The molecule has 4 aliphatic carbocycles. The fourth-order valence-corrected chi connectivity index (χ4v) is 8.62. The van der Waals surface area contributed by atoms with E-state index in [-0.39, 0.29) is 30.7 Å². The molecule has 6 nitrogen and oxygen atoms in total. The summed E-state index contributed by atoms with van der Waals surface area (Å²) in [6, 6.07) is 1.86. The second kappa shape index (κ2) is 7.81. The van der Waals surface area contributed by atoms with Gasteiger partial charge < -0.3 is 29.6 Å². The molecular formula is C26H40O6. The molecule has 0 radical (unpaired) electrons. The van der Waals surface area contributed by atoms with Gasteiger partial charge in [-0.2, -0.15) is 0 Å². The zero-order chi connectivity index (χ0) is 22.8. The van der Waals surface area contributed by atoms with Gasteiger partial charge in [-0.15, -0.1) is 0 Å². The minimum atomic E-state index is -1.05. The summed E-state index contributed by atoms with van der Waals surface area (Å²) in [6.45, 7) is 4.47. The van der Waals surface area contributed by atoms with Crippen LogP contribution in [-0.2, 0) is 10.3 Å². The Bertz CT molecular complexity index is 811. The van der Waals surface area contributed by atoms with Crippen molar-refractivity contribution in [2.75, 3.05) is 13.2 Å². The van der Waals surface area contributed by atoms with E-state index in [4.69, 9.17) is 14.3 Å². The van der Waals surface area contributed by atoms with E-state index in [9.17, 15) is 15.3 Å². The summed E-state index contributed by atoms with van der Waals surface area (Å²) < 4.78 is 11.3. The lowest BCUT2D eigenvalue weighted by Gasteiger charge is -2.64. The smallest absolute Gasteiger partial charge is 0.101 e. The van der Waals surface area contributed by atoms with E-state index in [1.165, 1.54) is 0 Å². The van der Waals surface area contributed by atoms with Crippen LogP contribution in [0.1, 0.15) is 77.2 Å². The second-order valence-corrected chi connectivity index (χ2v) is 11.7. The molecule has 0 spiro atoms. The molecule has 0 saturated heterocycles. The summed E-state index contributed by atoms with van der Waals surface area (Å²) in [5, 5.41) is 42.8. The minimum Gasteiger partial charge on any atom is -0.472 e. The van der Waals surface area contributed by atoms with Gasteiger partial charge in [-0.1, -0.05) is 13.8 Å². The summed E-state index contributed by atoms with van der Waals surface area (Å²) in [6.07, 6.45) is 10.7. The SMILES string of the molecule is C[C@]12CC[C@H](OCC(O)CO)C[C@H]1CC[C@@H]1[C@@H]2CC[C@]2(C)[C@@](O)(c3ccoc3)CC[C@]12O. The molecule has 0 aliphatic heterocycles. The fourth-order valence-electron chi connectivity index (χ4n) is 8.62. The molecule has 1 unspecified atom stereocenters. The third-order valence-corrected chi connectivity index (χ3v) is 10.7. The van der Waals surface area contributed by atoms with Crippen molar-refractivity contribution < 1.29 is 29.6 Å². The van der Waals surface area contributed by atoms with Crippen LogP contribution >= 0.6 is 0 Å². The Labute approximate surface area is 191 Å². The molecule has 1 aromatic rings. The number of ether oxygens (including phenoxy) is 1. The van der Waals surface area contributed by atoms with Gasteiger partial charge in [0.2, 0.25) is 0 Å². The molecule has 6 heteroatoms. The minimum absolute atomic E-state index is 0.139. The Morgan fingerprint density at radius 1 is 1.06 bits per heavy atom. The molecule has 9 atom stereocenters. The van der Waals surface area contributed by atoms with Crippen molar-refractivity contribution >= 4 is 0 Å². The van der Waals surface area contributed by atoms with Crippen molar-refractivity contribution in [2.45, 2.75) is 95.0 Å².